The summed E-state index contributed by atoms with van der Waals surface area (Å²) in [5, 5.41) is 3.27. The van der Waals surface area contributed by atoms with Gasteiger partial charge in [-0.3, -0.25) is 0 Å². The van der Waals surface area contributed by atoms with Gasteiger partial charge in [-0.1, -0.05) is 25.8 Å². The fourth-order valence-corrected chi connectivity index (χ4v) is 4.12. The first kappa shape index (κ1) is 14.8. The molecular formula is C18H27FN2. The minimum atomic E-state index is -0.0744. The first-order valence-corrected chi connectivity index (χ1v) is 8.47. The van der Waals surface area contributed by atoms with Crippen LogP contribution in [0.15, 0.2) is 18.2 Å². The van der Waals surface area contributed by atoms with Gasteiger partial charge >= 0.3 is 0 Å². The van der Waals surface area contributed by atoms with Crippen molar-refractivity contribution in [3.8, 4) is 0 Å². The number of halogens is 1. The Morgan fingerprint density at radius 1 is 1.14 bits per heavy atom. The van der Waals surface area contributed by atoms with Crippen LogP contribution in [0.25, 0.3) is 0 Å². The summed E-state index contributed by atoms with van der Waals surface area (Å²) < 4.78 is 14.2. The van der Waals surface area contributed by atoms with Gasteiger partial charge in [0.25, 0.3) is 0 Å². The van der Waals surface area contributed by atoms with Crippen LogP contribution in [-0.2, 0) is 6.54 Å². The largest absolute Gasteiger partial charge is 0.371 e. The predicted octanol–water partition coefficient (Wildman–Crippen LogP) is 4.10. The second-order valence-electron chi connectivity index (χ2n) is 6.71. The summed E-state index contributed by atoms with van der Waals surface area (Å²) in [7, 11) is 0. The molecule has 21 heavy (non-hydrogen) atoms. The third-order valence-corrected chi connectivity index (χ3v) is 5.47. The SMILES string of the molecule is CCNCc1c(F)cccc1N1CCC2(CCCC2)CC1. The first-order chi connectivity index (χ1) is 10.2. The van der Waals surface area contributed by atoms with Crippen molar-refractivity contribution >= 4 is 5.69 Å². The topological polar surface area (TPSA) is 15.3 Å². The van der Waals surface area contributed by atoms with Gasteiger partial charge < -0.3 is 10.2 Å². The molecule has 2 fully saturated rings. The molecule has 1 aliphatic heterocycles. The number of anilines is 1. The van der Waals surface area contributed by atoms with Crippen molar-refractivity contribution in [1.82, 2.24) is 5.32 Å². The van der Waals surface area contributed by atoms with Crippen molar-refractivity contribution in [2.75, 3.05) is 24.5 Å². The van der Waals surface area contributed by atoms with E-state index in [0.717, 1.165) is 30.9 Å². The number of nitrogens with one attached hydrogen (secondary N) is 1. The van der Waals surface area contributed by atoms with Crippen molar-refractivity contribution in [3.63, 3.8) is 0 Å². The van der Waals surface area contributed by atoms with Gasteiger partial charge in [0, 0.05) is 30.9 Å². The number of nitrogens with zero attached hydrogens (tertiary/aromatic N) is 1. The van der Waals surface area contributed by atoms with Gasteiger partial charge in [0.2, 0.25) is 0 Å². The molecule has 2 aliphatic rings. The maximum Gasteiger partial charge on any atom is 0.129 e. The van der Waals surface area contributed by atoms with E-state index in [0.29, 0.717) is 12.0 Å². The number of piperidine rings is 1. The maximum atomic E-state index is 14.2. The van der Waals surface area contributed by atoms with E-state index < -0.39 is 0 Å². The lowest BCUT2D eigenvalue weighted by Gasteiger charge is -2.41. The number of benzene rings is 1. The Bertz CT molecular complexity index is 470. The van der Waals surface area contributed by atoms with Crippen LogP contribution in [0.5, 0.6) is 0 Å². The van der Waals surface area contributed by atoms with E-state index in [2.05, 4.69) is 23.2 Å². The Balaban J connectivity index is 1.74. The molecule has 2 nitrogen and oxygen atoms in total. The molecule has 1 heterocycles. The van der Waals surface area contributed by atoms with Crippen LogP contribution in [0.4, 0.5) is 10.1 Å². The number of hydrogen-bond donors (Lipinski definition) is 1. The first-order valence-electron chi connectivity index (χ1n) is 8.47. The molecule has 3 heteroatoms. The Morgan fingerprint density at radius 2 is 1.86 bits per heavy atom. The van der Waals surface area contributed by atoms with Gasteiger partial charge in [0.05, 0.1) is 0 Å². The second-order valence-corrected chi connectivity index (χ2v) is 6.71. The Hall–Kier alpha value is -1.09. The summed E-state index contributed by atoms with van der Waals surface area (Å²) in [6, 6.07) is 5.51. The zero-order chi connectivity index (χ0) is 14.7. The molecule has 0 aromatic heterocycles. The molecule has 1 aromatic carbocycles. The lowest BCUT2D eigenvalue weighted by atomic mass is 9.77. The zero-order valence-corrected chi connectivity index (χ0v) is 13.1. The van der Waals surface area contributed by atoms with Crippen LogP contribution >= 0.6 is 0 Å². The molecule has 0 amide bonds. The van der Waals surface area contributed by atoms with Gasteiger partial charge in [-0.2, -0.15) is 0 Å². The summed E-state index contributed by atoms with van der Waals surface area (Å²) in [6.07, 6.45) is 8.20. The van der Waals surface area contributed by atoms with E-state index in [1.165, 1.54) is 38.5 Å². The van der Waals surface area contributed by atoms with E-state index in [4.69, 9.17) is 0 Å². The molecule has 0 radical (unpaired) electrons. The van der Waals surface area contributed by atoms with Crippen LogP contribution < -0.4 is 10.2 Å². The van der Waals surface area contributed by atoms with E-state index in [-0.39, 0.29) is 5.82 Å². The molecule has 1 spiro atoms. The summed E-state index contributed by atoms with van der Waals surface area (Å²) in [5.74, 6) is -0.0744. The van der Waals surface area contributed by atoms with Gasteiger partial charge in [-0.25, -0.2) is 4.39 Å². The highest BCUT2D eigenvalue weighted by molar-refractivity contribution is 5.54. The average Bonchev–Trinajstić information content (AvgIpc) is 2.95. The lowest BCUT2D eigenvalue weighted by molar-refractivity contribution is 0.226. The summed E-state index contributed by atoms with van der Waals surface area (Å²) in [5.41, 5.74) is 2.55. The predicted molar refractivity (Wildman–Crippen MR) is 86.1 cm³/mol. The summed E-state index contributed by atoms with van der Waals surface area (Å²) in [4.78, 5) is 2.40. The van der Waals surface area contributed by atoms with Crippen LogP contribution in [-0.4, -0.2) is 19.6 Å². The molecule has 1 N–H and O–H groups in total. The fraction of sp³-hybridized carbons (Fsp3) is 0.667. The summed E-state index contributed by atoms with van der Waals surface area (Å²) >= 11 is 0. The zero-order valence-electron chi connectivity index (χ0n) is 13.1. The number of hydrogen-bond acceptors (Lipinski definition) is 2. The van der Waals surface area contributed by atoms with Crippen molar-refractivity contribution in [2.45, 2.75) is 52.0 Å². The van der Waals surface area contributed by atoms with E-state index in [1.807, 2.05) is 6.07 Å². The van der Waals surface area contributed by atoms with E-state index in [1.54, 1.807) is 6.07 Å². The molecule has 116 valence electrons. The molecule has 1 aromatic rings. The second kappa shape index (κ2) is 6.35. The van der Waals surface area contributed by atoms with Crippen LogP contribution in [0.2, 0.25) is 0 Å². The maximum absolute atomic E-state index is 14.2. The van der Waals surface area contributed by atoms with Gasteiger partial charge in [-0.15, -0.1) is 0 Å². The Morgan fingerprint density at radius 3 is 2.52 bits per heavy atom. The standard InChI is InChI=1S/C18H27FN2/c1-2-20-14-15-16(19)6-5-7-17(15)21-12-10-18(11-13-21)8-3-4-9-18/h5-7,20H,2-4,8-14H2,1H3. The van der Waals surface area contributed by atoms with Gasteiger partial charge in [0.1, 0.15) is 5.82 Å². The highest BCUT2D eigenvalue weighted by atomic mass is 19.1. The highest BCUT2D eigenvalue weighted by Crippen LogP contribution is 2.46. The molecule has 1 saturated carbocycles. The minimum absolute atomic E-state index is 0.0744. The molecule has 1 saturated heterocycles. The number of rotatable bonds is 4. The molecule has 0 atom stereocenters. The van der Waals surface area contributed by atoms with Gasteiger partial charge in [-0.05, 0) is 49.8 Å². The Labute approximate surface area is 127 Å². The third kappa shape index (κ3) is 3.08. The van der Waals surface area contributed by atoms with Crippen LogP contribution in [0.3, 0.4) is 0 Å². The van der Waals surface area contributed by atoms with E-state index >= 15 is 0 Å². The van der Waals surface area contributed by atoms with Crippen molar-refractivity contribution in [2.24, 2.45) is 5.41 Å². The van der Waals surface area contributed by atoms with Crippen LogP contribution in [0.1, 0.15) is 51.0 Å². The van der Waals surface area contributed by atoms with Crippen molar-refractivity contribution in [1.29, 1.82) is 0 Å². The minimum Gasteiger partial charge on any atom is -0.371 e. The summed E-state index contributed by atoms with van der Waals surface area (Å²) in [6.45, 7) is 5.73. The highest BCUT2D eigenvalue weighted by Gasteiger charge is 2.37. The van der Waals surface area contributed by atoms with Crippen LogP contribution in [0, 0.1) is 11.2 Å². The molecular weight excluding hydrogens is 263 g/mol. The Kier molecular flexibility index (Phi) is 4.48. The smallest absolute Gasteiger partial charge is 0.129 e. The molecule has 0 unspecified atom stereocenters. The molecule has 0 bridgehead atoms. The fourth-order valence-electron chi connectivity index (χ4n) is 4.12. The monoisotopic (exact) mass is 290 g/mol. The molecule has 1 aliphatic carbocycles. The normalized spacial score (nSPS) is 21.1. The lowest BCUT2D eigenvalue weighted by Crippen LogP contribution is -2.39. The van der Waals surface area contributed by atoms with Crippen molar-refractivity contribution < 1.29 is 4.39 Å². The van der Waals surface area contributed by atoms with Crippen molar-refractivity contribution in [3.05, 3.63) is 29.6 Å². The van der Waals surface area contributed by atoms with Gasteiger partial charge in [0.15, 0.2) is 0 Å². The average molecular weight is 290 g/mol. The third-order valence-electron chi connectivity index (χ3n) is 5.47. The quantitative estimate of drug-likeness (QED) is 0.898. The van der Waals surface area contributed by atoms with E-state index in [9.17, 15) is 4.39 Å². The molecule has 3 rings (SSSR count).